The van der Waals surface area contributed by atoms with E-state index >= 15 is 0 Å². The van der Waals surface area contributed by atoms with E-state index in [0.717, 1.165) is 0 Å². The van der Waals surface area contributed by atoms with Gasteiger partial charge in [-0.15, -0.1) is 0 Å². The van der Waals surface area contributed by atoms with Crippen molar-refractivity contribution in [1.82, 2.24) is 0 Å². The predicted molar refractivity (Wildman–Crippen MR) is 63.0 cm³/mol. The average molecular weight is 247 g/mol. The molecule has 1 atom stereocenters. The molecule has 0 fully saturated rings. The van der Waals surface area contributed by atoms with Gasteiger partial charge in [0.1, 0.15) is 0 Å². The summed E-state index contributed by atoms with van der Waals surface area (Å²) in [5, 5.41) is 11.9. The Morgan fingerprint density at radius 2 is 2.06 bits per heavy atom. The maximum absolute atomic E-state index is 12.3. The Balaban J connectivity index is 2.63. The van der Waals surface area contributed by atoms with Gasteiger partial charge in [-0.1, -0.05) is 30.8 Å². The number of hydrogen-bond donors (Lipinski definition) is 2. The summed E-state index contributed by atoms with van der Waals surface area (Å²) in [6, 6.07) is 6.93. The number of hydrogen-bond acceptors (Lipinski definition) is 3. The molecule has 1 aromatic carbocycles. The van der Waals surface area contributed by atoms with Gasteiger partial charge in [0.25, 0.3) is 5.76 Å². The van der Waals surface area contributed by atoms with E-state index in [1.54, 1.807) is 24.3 Å². The highest BCUT2D eigenvalue weighted by Crippen LogP contribution is 2.31. The summed E-state index contributed by atoms with van der Waals surface area (Å²) in [4.78, 5) is 0.530. The van der Waals surface area contributed by atoms with Crippen LogP contribution in [0, 0.1) is 5.92 Å². The summed E-state index contributed by atoms with van der Waals surface area (Å²) in [6.45, 7) is 2.53. The normalized spacial score (nSPS) is 12.8. The van der Waals surface area contributed by atoms with Crippen LogP contribution in [0.4, 0.5) is 14.5 Å². The zero-order valence-corrected chi connectivity index (χ0v) is 9.81. The topological polar surface area (TPSA) is 32.3 Å². The Labute approximate surface area is 98.1 Å². The molecule has 5 heteroatoms. The molecule has 1 aromatic rings. The van der Waals surface area contributed by atoms with Gasteiger partial charge in [0.05, 0.1) is 0 Å². The minimum atomic E-state index is -2.42. The summed E-state index contributed by atoms with van der Waals surface area (Å²) in [5.74, 6) is -2.32. The second-order valence-corrected chi connectivity index (χ2v) is 4.58. The number of para-hydroxylation sites is 1. The van der Waals surface area contributed by atoms with Crippen molar-refractivity contribution in [2.75, 3.05) is 18.5 Å². The van der Waals surface area contributed by atoms with E-state index in [-0.39, 0.29) is 12.5 Å². The first kappa shape index (κ1) is 13.3. The lowest BCUT2D eigenvalue weighted by atomic mass is 10.2. The molecule has 0 bridgehead atoms. The number of aliphatic hydroxyl groups excluding tert-OH is 1. The van der Waals surface area contributed by atoms with Crippen LogP contribution in [0.5, 0.6) is 0 Å². The van der Waals surface area contributed by atoms with Crippen molar-refractivity contribution in [1.29, 1.82) is 0 Å². The minimum absolute atomic E-state index is 0.0805. The van der Waals surface area contributed by atoms with Gasteiger partial charge in [0.2, 0.25) is 0 Å². The van der Waals surface area contributed by atoms with Crippen molar-refractivity contribution in [3.63, 3.8) is 0 Å². The minimum Gasteiger partial charge on any atom is -0.396 e. The average Bonchev–Trinajstić information content (AvgIpc) is 2.26. The molecule has 1 unspecified atom stereocenters. The number of benzene rings is 1. The molecule has 0 heterocycles. The third-order valence-electron chi connectivity index (χ3n) is 2.06. The molecule has 0 aromatic heterocycles. The summed E-state index contributed by atoms with van der Waals surface area (Å²) >= 11 is 0.526. The molecule has 0 aliphatic rings. The molecule has 0 radical (unpaired) electrons. The van der Waals surface area contributed by atoms with Crippen LogP contribution in [-0.4, -0.2) is 24.0 Å². The van der Waals surface area contributed by atoms with Gasteiger partial charge in [0.15, 0.2) is 0 Å². The molecule has 2 nitrogen and oxygen atoms in total. The third kappa shape index (κ3) is 4.37. The summed E-state index contributed by atoms with van der Waals surface area (Å²) in [6.07, 6.45) is 0. The molecular formula is C11H15F2NOS. The first-order valence-corrected chi connectivity index (χ1v) is 5.90. The first-order valence-electron chi connectivity index (χ1n) is 5.02. The fraction of sp³-hybridized carbons (Fsp3) is 0.455. The molecule has 0 amide bonds. The molecule has 1 rings (SSSR count). The van der Waals surface area contributed by atoms with E-state index in [1.807, 2.05) is 6.92 Å². The molecular weight excluding hydrogens is 232 g/mol. The second-order valence-electron chi connectivity index (χ2n) is 3.54. The van der Waals surface area contributed by atoms with E-state index in [9.17, 15) is 8.78 Å². The highest BCUT2D eigenvalue weighted by molar-refractivity contribution is 7.99. The molecule has 0 spiro atoms. The SMILES string of the molecule is CC(CO)CNc1ccccc1SC(F)F. The maximum Gasteiger partial charge on any atom is 0.288 e. The molecule has 0 aliphatic heterocycles. The lowest BCUT2D eigenvalue weighted by Crippen LogP contribution is -2.14. The van der Waals surface area contributed by atoms with Crippen molar-refractivity contribution in [2.45, 2.75) is 17.6 Å². The quantitative estimate of drug-likeness (QED) is 0.758. The lowest BCUT2D eigenvalue weighted by molar-refractivity contribution is 0.244. The van der Waals surface area contributed by atoms with Crippen LogP contribution in [0.15, 0.2) is 29.2 Å². The Morgan fingerprint density at radius 3 is 2.69 bits per heavy atom. The van der Waals surface area contributed by atoms with E-state index < -0.39 is 5.76 Å². The van der Waals surface area contributed by atoms with Gasteiger partial charge in [-0.05, 0) is 18.1 Å². The molecule has 0 saturated heterocycles. The van der Waals surface area contributed by atoms with Crippen LogP contribution in [-0.2, 0) is 0 Å². The summed E-state index contributed by atoms with van der Waals surface area (Å²) in [5.41, 5.74) is 0.688. The smallest absolute Gasteiger partial charge is 0.288 e. The van der Waals surface area contributed by atoms with Gasteiger partial charge in [-0.3, -0.25) is 0 Å². The van der Waals surface area contributed by atoms with E-state index in [1.165, 1.54) is 0 Å². The van der Waals surface area contributed by atoms with Gasteiger partial charge < -0.3 is 10.4 Å². The number of thioether (sulfide) groups is 1. The van der Waals surface area contributed by atoms with Gasteiger partial charge in [-0.25, -0.2) is 0 Å². The Bertz CT molecular complexity index is 323. The van der Waals surface area contributed by atoms with Crippen LogP contribution < -0.4 is 5.32 Å². The third-order valence-corrected chi connectivity index (χ3v) is 2.84. The Kier molecular flexibility index (Phi) is 5.55. The standard InChI is InChI=1S/C11H15F2NOS/c1-8(7-15)6-14-9-4-2-3-5-10(9)16-11(12)13/h2-5,8,11,14-15H,6-7H2,1H3. The monoisotopic (exact) mass is 247 g/mol. The van der Waals surface area contributed by atoms with E-state index in [2.05, 4.69) is 5.32 Å². The van der Waals surface area contributed by atoms with Crippen molar-refractivity contribution in [3.8, 4) is 0 Å². The van der Waals surface area contributed by atoms with E-state index in [0.29, 0.717) is 28.9 Å². The lowest BCUT2D eigenvalue weighted by Gasteiger charge is -2.13. The number of rotatable bonds is 6. The van der Waals surface area contributed by atoms with Crippen molar-refractivity contribution >= 4 is 17.4 Å². The van der Waals surface area contributed by atoms with Crippen LogP contribution in [0.1, 0.15) is 6.92 Å². The van der Waals surface area contributed by atoms with Crippen molar-refractivity contribution < 1.29 is 13.9 Å². The largest absolute Gasteiger partial charge is 0.396 e. The van der Waals surface area contributed by atoms with Crippen molar-refractivity contribution in [2.24, 2.45) is 5.92 Å². The molecule has 0 saturated carbocycles. The number of aliphatic hydroxyl groups is 1. The summed E-state index contributed by atoms with van der Waals surface area (Å²) in [7, 11) is 0. The molecule has 16 heavy (non-hydrogen) atoms. The van der Waals surface area contributed by atoms with Crippen LogP contribution >= 0.6 is 11.8 Å². The number of alkyl halides is 2. The zero-order chi connectivity index (χ0) is 12.0. The van der Waals surface area contributed by atoms with E-state index in [4.69, 9.17) is 5.11 Å². The second kappa shape index (κ2) is 6.70. The van der Waals surface area contributed by atoms with Crippen LogP contribution in [0.3, 0.4) is 0 Å². The van der Waals surface area contributed by atoms with Gasteiger partial charge >= 0.3 is 0 Å². The molecule has 2 N–H and O–H groups in total. The van der Waals surface area contributed by atoms with Crippen LogP contribution in [0.25, 0.3) is 0 Å². The number of halogens is 2. The molecule has 90 valence electrons. The van der Waals surface area contributed by atoms with Gasteiger partial charge in [0, 0.05) is 23.7 Å². The molecule has 0 aliphatic carbocycles. The number of anilines is 1. The highest BCUT2D eigenvalue weighted by Gasteiger charge is 2.09. The predicted octanol–water partition coefficient (Wildman–Crippen LogP) is 3.04. The maximum atomic E-state index is 12.3. The summed E-state index contributed by atoms with van der Waals surface area (Å²) < 4.78 is 24.5. The fourth-order valence-corrected chi connectivity index (χ4v) is 1.78. The Morgan fingerprint density at radius 1 is 1.38 bits per heavy atom. The van der Waals surface area contributed by atoms with Crippen molar-refractivity contribution in [3.05, 3.63) is 24.3 Å². The fourth-order valence-electron chi connectivity index (χ4n) is 1.16. The highest BCUT2D eigenvalue weighted by atomic mass is 32.2. The van der Waals surface area contributed by atoms with Crippen LogP contribution in [0.2, 0.25) is 0 Å². The Hall–Kier alpha value is -0.810. The first-order chi connectivity index (χ1) is 7.63. The number of nitrogens with one attached hydrogen (secondary N) is 1. The zero-order valence-electron chi connectivity index (χ0n) is 8.99. The van der Waals surface area contributed by atoms with Gasteiger partial charge in [-0.2, -0.15) is 8.78 Å².